The van der Waals surface area contributed by atoms with Crippen LogP contribution in [0, 0.1) is 5.41 Å². The van der Waals surface area contributed by atoms with Gasteiger partial charge in [-0.1, -0.05) is 13.8 Å². The van der Waals surface area contributed by atoms with Gasteiger partial charge in [0.15, 0.2) is 6.39 Å². The van der Waals surface area contributed by atoms with Crippen LogP contribution in [0.1, 0.15) is 25.5 Å². The van der Waals surface area contributed by atoms with Crippen molar-refractivity contribution in [2.24, 2.45) is 11.1 Å². The van der Waals surface area contributed by atoms with E-state index in [1.807, 2.05) is 0 Å². The van der Waals surface area contributed by atoms with Crippen molar-refractivity contribution in [3.63, 3.8) is 0 Å². The molecule has 1 saturated carbocycles. The van der Waals surface area contributed by atoms with Gasteiger partial charge in [-0.2, -0.15) is 0 Å². The Hall–Kier alpha value is -0.830. The third-order valence-corrected chi connectivity index (χ3v) is 2.67. The van der Waals surface area contributed by atoms with E-state index in [0.29, 0.717) is 5.92 Å². The fourth-order valence-electron chi connectivity index (χ4n) is 1.60. The first kappa shape index (κ1) is 6.85. The minimum Gasteiger partial charge on any atom is -0.448 e. The first-order valence-corrected chi connectivity index (χ1v) is 3.78. The van der Waals surface area contributed by atoms with Gasteiger partial charge in [-0.15, -0.1) is 0 Å². The second-order valence-electron chi connectivity index (χ2n) is 3.73. The van der Waals surface area contributed by atoms with Crippen molar-refractivity contribution in [3.8, 4) is 0 Å². The van der Waals surface area contributed by atoms with E-state index in [9.17, 15) is 0 Å². The molecule has 0 aromatic carbocycles. The third-order valence-electron chi connectivity index (χ3n) is 2.67. The highest BCUT2D eigenvalue weighted by Crippen LogP contribution is 2.57. The molecule has 60 valence electrons. The maximum absolute atomic E-state index is 5.85. The number of nitrogens with two attached hydrogens (primary N) is 1. The fourth-order valence-corrected chi connectivity index (χ4v) is 1.60. The Kier molecular flexibility index (Phi) is 1.16. The number of hydrogen-bond donors (Lipinski definition) is 1. The Morgan fingerprint density at radius 3 is 2.64 bits per heavy atom. The zero-order chi connectivity index (χ0) is 8.06. The Morgan fingerprint density at radius 2 is 2.27 bits per heavy atom. The normalized spacial score (nSPS) is 33.7. The smallest absolute Gasteiger partial charge is 0.180 e. The number of nitrogens with zero attached hydrogens (tertiary/aromatic N) is 1. The molecule has 1 aromatic heterocycles. The molecule has 0 radical (unpaired) electrons. The average Bonchev–Trinajstić information content (AvgIpc) is 2.40. The molecule has 2 N–H and O–H groups in total. The highest BCUT2D eigenvalue weighted by Gasteiger charge is 2.58. The molecule has 0 bridgehead atoms. The van der Waals surface area contributed by atoms with Gasteiger partial charge in [-0.25, -0.2) is 4.98 Å². The summed E-state index contributed by atoms with van der Waals surface area (Å²) in [5.41, 5.74) is 6.04. The summed E-state index contributed by atoms with van der Waals surface area (Å²) in [4.78, 5) is 3.86. The molecule has 1 heterocycles. The standard InChI is InChI=1S/C8H12N2O/c1-8(2)6(7(8)9)5-3-10-4-11-5/h3-4,6-7H,9H2,1-2H3. The quantitative estimate of drug-likeness (QED) is 0.656. The summed E-state index contributed by atoms with van der Waals surface area (Å²) in [6.07, 6.45) is 3.20. The van der Waals surface area contributed by atoms with Crippen molar-refractivity contribution in [3.05, 3.63) is 18.4 Å². The van der Waals surface area contributed by atoms with E-state index >= 15 is 0 Å². The van der Waals surface area contributed by atoms with Crippen LogP contribution in [-0.4, -0.2) is 11.0 Å². The topological polar surface area (TPSA) is 52.0 Å². The van der Waals surface area contributed by atoms with Crippen LogP contribution in [0.4, 0.5) is 0 Å². The van der Waals surface area contributed by atoms with Gasteiger partial charge in [0.05, 0.1) is 6.20 Å². The molecule has 0 amide bonds. The molecule has 2 atom stereocenters. The predicted octanol–water partition coefficient (Wildman–Crippen LogP) is 1.13. The lowest BCUT2D eigenvalue weighted by molar-refractivity contribution is 0.478. The van der Waals surface area contributed by atoms with Gasteiger partial charge < -0.3 is 10.2 Å². The molecule has 0 spiro atoms. The molecular formula is C8H12N2O. The number of rotatable bonds is 1. The molecule has 2 rings (SSSR count). The summed E-state index contributed by atoms with van der Waals surface area (Å²) in [7, 11) is 0. The van der Waals surface area contributed by atoms with Crippen LogP contribution in [0.3, 0.4) is 0 Å². The van der Waals surface area contributed by atoms with Crippen molar-refractivity contribution in [1.29, 1.82) is 0 Å². The molecule has 0 aliphatic heterocycles. The molecule has 3 nitrogen and oxygen atoms in total. The maximum atomic E-state index is 5.85. The summed E-state index contributed by atoms with van der Waals surface area (Å²) in [5.74, 6) is 1.28. The van der Waals surface area contributed by atoms with Crippen LogP contribution in [0.5, 0.6) is 0 Å². The van der Waals surface area contributed by atoms with Gasteiger partial charge in [-0.05, 0) is 5.41 Å². The van der Waals surface area contributed by atoms with E-state index in [0.717, 1.165) is 5.76 Å². The third kappa shape index (κ3) is 0.807. The Balaban J connectivity index is 2.23. The Morgan fingerprint density at radius 1 is 1.64 bits per heavy atom. The minimum atomic E-state index is 0.194. The van der Waals surface area contributed by atoms with E-state index in [1.54, 1.807) is 6.20 Å². The largest absolute Gasteiger partial charge is 0.448 e. The highest BCUT2D eigenvalue weighted by atomic mass is 16.3. The minimum absolute atomic E-state index is 0.194. The monoisotopic (exact) mass is 152 g/mol. The fraction of sp³-hybridized carbons (Fsp3) is 0.625. The van der Waals surface area contributed by atoms with E-state index in [1.165, 1.54) is 6.39 Å². The number of oxazole rings is 1. The van der Waals surface area contributed by atoms with Gasteiger partial charge in [0, 0.05) is 12.0 Å². The van der Waals surface area contributed by atoms with E-state index in [-0.39, 0.29) is 11.5 Å². The summed E-state index contributed by atoms with van der Waals surface area (Å²) in [6, 6.07) is 0.232. The first-order chi connectivity index (χ1) is 5.14. The number of aromatic nitrogens is 1. The summed E-state index contributed by atoms with van der Waals surface area (Å²) >= 11 is 0. The molecule has 3 heteroatoms. The van der Waals surface area contributed by atoms with Crippen LogP contribution in [-0.2, 0) is 0 Å². The molecule has 2 unspecified atom stereocenters. The first-order valence-electron chi connectivity index (χ1n) is 3.78. The highest BCUT2D eigenvalue weighted by molar-refractivity contribution is 5.25. The second kappa shape index (κ2) is 1.85. The lowest BCUT2D eigenvalue weighted by Crippen LogP contribution is -2.06. The lowest BCUT2D eigenvalue weighted by Gasteiger charge is -1.96. The Labute approximate surface area is 65.6 Å². The maximum Gasteiger partial charge on any atom is 0.180 e. The lowest BCUT2D eigenvalue weighted by atomic mass is 10.1. The SMILES string of the molecule is CC1(C)C(N)C1c1cnco1. The summed E-state index contributed by atoms with van der Waals surface area (Å²) in [6.45, 7) is 4.29. The molecular weight excluding hydrogens is 140 g/mol. The Bertz CT molecular complexity index is 253. The van der Waals surface area contributed by atoms with Crippen molar-refractivity contribution >= 4 is 0 Å². The summed E-state index contributed by atoms with van der Waals surface area (Å²) in [5, 5.41) is 0. The van der Waals surface area contributed by atoms with E-state index < -0.39 is 0 Å². The van der Waals surface area contributed by atoms with Gasteiger partial charge in [0.25, 0.3) is 0 Å². The molecule has 0 saturated heterocycles. The van der Waals surface area contributed by atoms with Gasteiger partial charge in [-0.3, -0.25) is 0 Å². The predicted molar refractivity (Wildman–Crippen MR) is 41.0 cm³/mol. The average molecular weight is 152 g/mol. The van der Waals surface area contributed by atoms with Crippen LogP contribution in [0.15, 0.2) is 17.0 Å². The zero-order valence-corrected chi connectivity index (χ0v) is 6.74. The van der Waals surface area contributed by atoms with Crippen molar-refractivity contribution < 1.29 is 4.42 Å². The van der Waals surface area contributed by atoms with Crippen LogP contribution in [0.25, 0.3) is 0 Å². The van der Waals surface area contributed by atoms with Crippen LogP contribution >= 0.6 is 0 Å². The zero-order valence-electron chi connectivity index (χ0n) is 6.74. The van der Waals surface area contributed by atoms with Gasteiger partial charge >= 0.3 is 0 Å². The molecule has 1 aliphatic rings. The van der Waals surface area contributed by atoms with Crippen LogP contribution < -0.4 is 5.73 Å². The molecule has 11 heavy (non-hydrogen) atoms. The number of hydrogen-bond acceptors (Lipinski definition) is 3. The second-order valence-corrected chi connectivity index (χ2v) is 3.73. The van der Waals surface area contributed by atoms with E-state index in [2.05, 4.69) is 18.8 Å². The molecule has 1 aromatic rings. The van der Waals surface area contributed by atoms with Crippen molar-refractivity contribution in [2.75, 3.05) is 0 Å². The molecule has 1 aliphatic carbocycles. The summed E-state index contributed by atoms with van der Waals surface area (Å²) < 4.78 is 5.17. The molecule has 1 fully saturated rings. The van der Waals surface area contributed by atoms with Crippen molar-refractivity contribution in [1.82, 2.24) is 4.98 Å². The van der Waals surface area contributed by atoms with E-state index in [4.69, 9.17) is 10.2 Å². The van der Waals surface area contributed by atoms with Crippen molar-refractivity contribution in [2.45, 2.75) is 25.8 Å². The van der Waals surface area contributed by atoms with Gasteiger partial charge in [0.1, 0.15) is 5.76 Å². The van der Waals surface area contributed by atoms with Crippen LogP contribution in [0.2, 0.25) is 0 Å². The van der Waals surface area contributed by atoms with Gasteiger partial charge in [0.2, 0.25) is 0 Å².